The van der Waals surface area contributed by atoms with E-state index >= 15 is 0 Å². The zero-order valence-corrected chi connectivity index (χ0v) is 10.8. The highest BCUT2D eigenvalue weighted by molar-refractivity contribution is 5.94. The summed E-state index contributed by atoms with van der Waals surface area (Å²) in [6.07, 6.45) is 1.63. The Kier molecular flexibility index (Phi) is 5.24. The minimum Gasteiger partial charge on any atom is -0.373 e. The van der Waals surface area contributed by atoms with E-state index < -0.39 is 0 Å². The lowest BCUT2D eigenvalue weighted by Gasteiger charge is -2.17. The van der Waals surface area contributed by atoms with Crippen molar-refractivity contribution in [2.24, 2.45) is 5.41 Å². The van der Waals surface area contributed by atoms with Crippen molar-refractivity contribution >= 4 is 29.8 Å². The second-order valence-corrected chi connectivity index (χ2v) is 4.39. The van der Waals surface area contributed by atoms with E-state index in [0.717, 1.165) is 5.82 Å². The maximum atomic E-state index is 11.6. The van der Waals surface area contributed by atoms with Gasteiger partial charge in [0.05, 0.1) is 11.9 Å². The van der Waals surface area contributed by atoms with Gasteiger partial charge in [-0.05, 0) is 12.1 Å². The summed E-state index contributed by atoms with van der Waals surface area (Å²) in [5, 5.41) is 5.72. The molecule has 90 valence electrons. The molecule has 0 aliphatic carbocycles. The number of hydrogen-bond donors (Lipinski definition) is 2. The molecular formula is C11H18ClN3O. The molecule has 2 N–H and O–H groups in total. The number of amides is 1. The summed E-state index contributed by atoms with van der Waals surface area (Å²) >= 11 is 0. The van der Waals surface area contributed by atoms with Crippen LogP contribution in [0.5, 0.6) is 0 Å². The van der Waals surface area contributed by atoms with Crippen molar-refractivity contribution in [1.29, 1.82) is 0 Å². The molecule has 0 unspecified atom stereocenters. The predicted molar refractivity (Wildman–Crippen MR) is 69.1 cm³/mol. The van der Waals surface area contributed by atoms with Gasteiger partial charge >= 0.3 is 0 Å². The van der Waals surface area contributed by atoms with Crippen LogP contribution in [0.2, 0.25) is 0 Å². The van der Waals surface area contributed by atoms with Crippen LogP contribution in [0.25, 0.3) is 0 Å². The summed E-state index contributed by atoms with van der Waals surface area (Å²) in [4.78, 5) is 15.7. The molecule has 0 aromatic carbocycles. The van der Waals surface area contributed by atoms with Crippen molar-refractivity contribution in [2.75, 3.05) is 17.7 Å². The number of aromatic nitrogens is 1. The molecule has 1 heterocycles. The number of rotatable bonds is 2. The lowest BCUT2D eigenvalue weighted by molar-refractivity contribution is -0.123. The molecule has 1 aromatic rings. The predicted octanol–water partition coefficient (Wildman–Crippen LogP) is 2.53. The molecular weight excluding hydrogens is 226 g/mol. The number of nitrogens with zero attached hydrogens (tertiary/aromatic N) is 1. The van der Waals surface area contributed by atoms with Crippen LogP contribution in [0.1, 0.15) is 20.8 Å². The summed E-state index contributed by atoms with van der Waals surface area (Å²) in [6, 6.07) is 3.64. The highest BCUT2D eigenvalue weighted by atomic mass is 35.5. The lowest BCUT2D eigenvalue weighted by Crippen LogP contribution is -2.27. The average molecular weight is 244 g/mol. The molecule has 16 heavy (non-hydrogen) atoms. The molecule has 5 heteroatoms. The molecule has 1 amide bonds. The van der Waals surface area contributed by atoms with Crippen LogP contribution in [0.4, 0.5) is 11.5 Å². The fraction of sp³-hybridized carbons (Fsp3) is 0.455. The summed E-state index contributed by atoms with van der Waals surface area (Å²) in [7, 11) is 1.80. The molecule has 0 radical (unpaired) electrons. The van der Waals surface area contributed by atoms with E-state index in [0.29, 0.717) is 5.69 Å². The van der Waals surface area contributed by atoms with E-state index in [2.05, 4.69) is 15.6 Å². The molecule has 0 saturated carbocycles. The third-order valence-corrected chi connectivity index (χ3v) is 1.96. The van der Waals surface area contributed by atoms with Gasteiger partial charge in [-0.25, -0.2) is 4.98 Å². The maximum Gasteiger partial charge on any atom is 0.229 e. The van der Waals surface area contributed by atoms with Gasteiger partial charge in [0, 0.05) is 12.5 Å². The standard InChI is InChI=1S/C11H17N3O.ClH/c1-11(2,3)10(15)14-8-5-6-9(12-4)13-7-8;/h5-7H,1-4H3,(H,12,13)(H,14,15);1H. The molecule has 0 spiro atoms. The van der Waals surface area contributed by atoms with Crippen LogP contribution < -0.4 is 10.6 Å². The Morgan fingerprint density at radius 2 is 1.94 bits per heavy atom. The van der Waals surface area contributed by atoms with Crippen molar-refractivity contribution in [3.8, 4) is 0 Å². The van der Waals surface area contributed by atoms with Crippen LogP contribution in [-0.4, -0.2) is 17.9 Å². The van der Waals surface area contributed by atoms with Gasteiger partial charge in [0.25, 0.3) is 0 Å². The van der Waals surface area contributed by atoms with Crippen molar-refractivity contribution in [3.63, 3.8) is 0 Å². The number of pyridine rings is 1. The minimum atomic E-state index is -0.387. The molecule has 0 aliphatic heterocycles. The number of nitrogens with one attached hydrogen (secondary N) is 2. The van der Waals surface area contributed by atoms with Crippen molar-refractivity contribution in [2.45, 2.75) is 20.8 Å². The van der Waals surface area contributed by atoms with Gasteiger partial charge in [-0.1, -0.05) is 20.8 Å². The van der Waals surface area contributed by atoms with Crippen LogP contribution in [0.15, 0.2) is 18.3 Å². The molecule has 0 fully saturated rings. The monoisotopic (exact) mass is 243 g/mol. The second kappa shape index (κ2) is 5.70. The fourth-order valence-corrected chi connectivity index (χ4v) is 0.934. The van der Waals surface area contributed by atoms with Gasteiger partial charge in [0.15, 0.2) is 0 Å². The quantitative estimate of drug-likeness (QED) is 0.839. The zero-order valence-electron chi connectivity index (χ0n) is 10.00. The first-order valence-electron chi connectivity index (χ1n) is 4.89. The van der Waals surface area contributed by atoms with Crippen molar-refractivity contribution < 1.29 is 4.79 Å². The van der Waals surface area contributed by atoms with E-state index in [9.17, 15) is 4.79 Å². The average Bonchev–Trinajstić information content (AvgIpc) is 2.17. The number of halogens is 1. The molecule has 0 bridgehead atoms. The van der Waals surface area contributed by atoms with Crippen LogP contribution in [0.3, 0.4) is 0 Å². The lowest BCUT2D eigenvalue weighted by atomic mass is 9.96. The topological polar surface area (TPSA) is 54.0 Å². The van der Waals surface area contributed by atoms with E-state index in [1.54, 1.807) is 13.2 Å². The molecule has 1 aromatic heterocycles. The smallest absolute Gasteiger partial charge is 0.229 e. The molecule has 0 saturated heterocycles. The summed E-state index contributed by atoms with van der Waals surface area (Å²) < 4.78 is 0. The highest BCUT2D eigenvalue weighted by Gasteiger charge is 2.20. The summed E-state index contributed by atoms with van der Waals surface area (Å²) in [5.41, 5.74) is 0.329. The molecule has 0 atom stereocenters. The first kappa shape index (κ1) is 14.7. The highest BCUT2D eigenvalue weighted by Crippen LogP contribution is 2.17. The SMILES string of the molecule is CNc1ccc(NC(=O)C(C)(C)C)cn1.Cl. The Bertz CT molecular complexity index is 343. The normalized spacial score (nSPS) is 10.2. The van der Waals surface area contributed by atoms with Gasteiger partial charge < -0.3 is 10.6 Å². The van der Waals surface area contributed by atoms with E-state index in [4.69, 9.17) is 0 Å². The third kappa shape index (κ3) is 4.06. The van der Waals surface area contributed by atoms with Gasteiger partial charge in [0.1, 0.15) is 5.82 Å². The maximum absolute atomic E-state index is 11.6. The van der Waals surface area contributed by atoms with E-state index in [1.807, 2.05) is 32.9 Å². The summed E-state index contributed by atoms with van der Waals surface area (Å²) in [6.45, 7) is 5.62. The number of hydrogen-bond acceptors (Lipinski definition) is 3. The fourth-order valence-electron chi connectivity index (χ4n) is 0.934. The summed E-state index contributed by atoms with van der Waals surface area (Å²) in [5.74, 6) is 0.769. The minimum absolute atomic E-state index is 0. The zero-order chi connectivity index (χ0) is 11.5. The third-order valence-electron chi connectivity index (χ3n) is 1.96. The number of anilines is 2. The molecule has 4 nitrogen and oxygen atoms in total. The second-order valence-electron chi connectivity index (χ2n) is 4.39. The Morgan fingerprint density at radius 1 is 1.31 bits per heavy atom. The van der Waals surface area contributed by atoms with Gasteiger partial charge in [-0.3, -0.25) is 4.79 Å². The Hall–Kier alpha value is -1.29. The van der Waals surface area contributed by atoms with Gasteiger partial charge in [0.2, 0.25) is 5.91 Å². The Labute approximate surface area is 102 Å². The van der Waals surface area contributed by atoms with Crippen molar-refractivity contribution in [3.05, 3.63) is 18.3 Å². The van der Waals surface area contributed by atoms with Gasteiger partial charge in [-0.2, -0.15) is 0 Å². The Balaban J connectivity index is 0.00000225. The largest absolute Gasteiger partial charge is 0.373 e. The van der Waals surface area contributed by atoms with Crippen LogP contribution in [0, 0.1) is 5.41 Å². The molecule has 0 aliphatic rings. The van der Waals surface area contributed by atoms with E-state index in [1.165, 1.54) is 0 Å². The first-order valence-corrected chi connectivity index (χ1v) is 4.89. The van der Waals surface area contributed by atoms with E-state index in [-0.39, 0.29) is 23.7 Å². The van der Waals surface area contributed by atoms with Crippen molar-refractivity contribution in [1.82, 2.24) is 4.98 Å². The Morgan fingerprint density at radius 3 is 2.31 bits per heavy atom. The first-order chi connectivity index (χ1) is 6.93. The van der Waals surface area contributed by atoms with Crippen LogP contribution >= 0.6 is 12.4 Å². The van der Waals surface area contributed by atoms with Crippen LogP contribution in [-0.2, 0) is 4.79 Å². The number of carbonyl (C=O) groups excluding carboxylic acids is 1. The van der Waals surface area contributed by atoms with Gasteiger partial charge in [-0.15, -0.1) is 12.4 Å². The molecule has 1 rings (SSSR count). The number of carbonyl (C=O) groups is 1.